The van der Waals surface area contributed by atoms with Crippen LogP contribution < -0.4 is 5.32 Å². The Morgan fingerprint density at radius 3 is 2.93 bits per heavy atom. The van der Waals surface area contributed by atoms with Crippen molar-refractivity contribution in [2.24, 2.45) is 0 Å². The van der Waals surface area contributed by atoms with Crippen LogP contribution in [0.2, 0.25) is 5.02 Å². The zero-order valence-electron chi connectivity index (χ0n) is 14.6. The number of carbonyl (C=O) groups excluding carboxylic acids is 1. The molecule has 2 aromatic heterocycles. The number of benzene rings is 1. The smallest absolute Gasteiger partial charge is 0.317 e. The number of hydrogen-bond donors (Lipinski definition) is 1. The van der Waals surface area contributed by atoms with Crippen LogP contribution in [0.5, 0.6) is 0 Å². The van der Waals surface area contributed by atoms with Crippen molar-refractivity contribution in [1.29, 1.82) is 0 Å². The molecule has 6 nitrogen and oxygen atoms in total. The summed E-state index contributed by atoms with van der Waals surface area (Å²) in [5.41, 5.74) is 1.95. The third-order valence-corrected chi connectivity index (χ3v) is 5.56. The molecule has 0 saturated carbocycles. The van der Waals surface area contributed by atoms with Crippen LogP contribution in [0.25, 0.3) is 11.5 Å². The fourth-order valence-electron chi connectivity index (χ4n) is 3.16. The first-order chi connectivity index (χ1) is 13.2. The zero-order chi connectivity index (χ0) is 18.6. The standard InChI is InChI=1S/C19H19ClN4O2S/c20-16-5-3-13(4-6-16)10-21-19(25)24-8-1-2-14(11-24)17-22-23-18(26-17)15-7-9-27-12-15/h3-7,9,12,14H,1-2,8,10-11H2,(H,21,25). The number of piperidine rings is 1. The molecule has 1 N–H and O–H groups in total. The average Bonchev–Trinajstić information content (AvgIpc) is 3.39. The van der Waals surface area contributed by atoms with Crippen LogP contribution >= 0.6 is 22.9 Å². The van der Waals surface area contributed by atoms with Crippen molar-refractivity contribution in [2.45, 2.75) is 25.3 Å². The Labute approximate surface area is 166 Å². The van der Waals surface area contributed by atoms with Crippen LogP contribution in [0.1, 0.15) is 30.2 Å². The summed E-state index contributed by atoms with van der Waals surface area (Å²) in [5.74, 6) is 1.21. The summed E-state index contributed by atoms with van der Waals surface area (Å²) < 4.78 is 5.85. The molecular weight excluding hydrogens is 384 g/mol. The van der Waals surface area contributed by atoms with E-state index < -0.39 is 0 Å². The lowest BCUT2D eigenvalue weighted by molar-refractivity contribution is 0.174. The average molecular weight is 403 g/mol. The number of thiophene rings is 1. The Morgan fingerprint density at radius 1 is 1.30 bits per heavy atom. The highest BCUT2D eigenvalue weighted by Crippen LogP contribution is 2.29. The quantitative estimate of drug-likeness (QED) is 0.695. The summed E-state index contributed by atoms with van der Waals surface area (Å²) in [5, 5.41) is 16.0. The molecule has 1 aromatic carbocycles. The highest BCUT2D eigenvalue weighted by Gasteiger charge is 2.28. The number of likely N-dealkylation sites (tertiary alicyclic amines) is 1. The van der Waals surface area contributed by atoms with Crippen LogP contribution in [0.15, 0.2) is 45.5 Å². The van der Waals surface area contributed by atoms with Gasteiger partial charge in [0.2, 0.25) is 11.8 Å². The molecule has 2 amide bonds. The van der Waals surface area contributed by atoms with Crippen molar-refractivity contribution in [1.82, 2.24) is 20.4 Å². The van der Waals surface area contributed by atoms with Gasteiger partial charge in [-0.05, 0) is 42.0 Å². The molecule has 0 bridgehead atoms. The molecule has 140 valence electrons. The predicted molar refractivity (Wildman–Crippen MR) is 105 cm³/mol. The summed E-state index contributed by atoms with van der Waals surface area (Å²) in [6.07, 6.45) is 1.85. The lowest BCUT2D eigenvalue weighted by atomic mass is 9.98. The minimum absolute atomic E-state index is 0.0694. The number of aromatic nitrogens is 2. The summed E-state index contributed by atoms with van der Waals surface area (Å²) in [6, 6.07) is 9.34. The normalized spacial score (nSPS) is 17.1. The number of amides is 2. The SMILES string of the molecule is O=C(NCc1ccc(Cl)cc1)N1CCCC(c2nnc(-c3ccsc3)o2)C1. The summed E-state index contributed by atoms with van der Waals surface area (Å²) in [4.78, 5) is 14.3. The van der Waals surface area contributed by atoms with Crippen molar-refractivity contribution < 1.29 is 9.21 Å². The maximum Gasteiger partial charge on any atom is 0.317 e. The molecule has 1 atom stereocenters. The lowest BCUT2D eigenvalue weighted by Crippen LogP contribution is -2.44. The second kappa shape index (κ2) is 8.10. The Hall–Kier alpha value is -2.38. The van der Waals surface area contributed by atoms with Crippen LogP contribution in [0.3, 0.4) is 0 Å². The molecule has 3 aromatic rings. The number of urea groups is 1. The molecule has 3 heterocycles. The molecule has 1 aliphatic heterocycles. The van der Waals surface area contributed by atoms with Crippen LogP contribution in [-0.4, -0.2) is 34.2 Å². The van der Waals surface area contributed by atoms with Crippen molar-refractivity contribution >= 4 is 29.0 Å². The van der Waals surface area contributed by atoms with Crippen molar-refractivity contribution in [3.63, 3.8) is 0 Å². The highest BCUT2D eigenvalue weighted by molar-refractivity contribution is 7.08. The van der Waals surface area contributed by atoms with E-state index in [9.17, 15) is 4.79 Å². The van der Waals surface area contributed by atoms with E-state index in [0.717, 1.165) is 30.5 Å². The van der Waals surface area contributed by atoms with Crippen LogP contribution in [0.4, 0.5) is 4.79 Å². The monoisotopic (exact) mass is 402 g/mol. The van der Waals surface area contributed by atoms with E-state index in [2.05, 4.69) is 15.5 Å². The van der Waals surface area contributed by atoms with Gasteiger partial charge in [0.25, 0.3) is 0 Å². The van der Waals surface area contributed by atoms with Gasteiger partial charge in [-0.25, -0.2) is 4.79 Å². The van der Waals surface area contributed by atoms with Crippen LogP contribution in [-0.2, 0) is 6.54 Å². The second-order valence-corrected chi connectivity index (χ2v) is 7.74. The summed E-state index contributed by atoms with van der Waals surface area (Å²) in [7, 11) is 0. The van der Waals surface area contributed by atoms with Gasteiger partial charge in [-0.2, -0.15) is 11.3 Å². The molecule has 27 heavy (non-hydrogen) atoms. The number of carbonyl (C=O) groups is 1. The first-order valence-corrected chi connectivity index (χ1v) is 10.1. The van der Waals surface area contributed by atoms with Gasteiger partial charge in [0.1, 0.15) is 0 Å². The molecule has 0 spiro atoms. The number of halogens is 1. The maximum atomic E-state index is 12.5. The van der Waals surface area contributed by atoms with E-state index in [1.807, 2.05) is 46.0 Å². The molecule has 0 radical (unpaired) electrons. The van der Waals surface area contributed by atoms with Gasteiger partial charge in [0, 0.05) is 35.6 Å². The van der Waals surface area contributed by atoms with Crippen molar-refractivity contribution in [3.05, 3.63) is 57.6 Å². The maximum absolute atomic E-state index is 12.5. The van der Waals surface area contributed by atoms with Crippen molar-refractivity contribution in [3.8, 4) is 11.5 Å². The Balaban J connectivity index is 1.36. The van der Waals surface area contributed by atoms with Gasteiger partial charge in [0.15, 0.2) is 0 Å². The third-order valence-electron chi connectivity index (χ3n) is 4.62. The van der Waals surface area contributed by atoms with Crippen molar-refractivity contribution in [2.75, 3.05) is 13.1 Å². The third kappa shape index (κ3) is 4.31. The first kappa shape index (κ1) is 18.0. The molecule has 1 saturated heterocycles. The first-order valence-electron chi connectivity index (χ1n) is 8.82. The molecule has 1 fully saturated rings. The van der Waals surface area contributed by atoms with Gasteiger partial charge >= 0.3 is 6.03 Å². The van der Waals surface area contributed by atoms with Gasteiger partial charge in [-0.1, -0.05) is 23.7 Å². The topological polar surface area (TPSA) is 71.3 Å². The van der Waals surface area contributed by atoms with Gasteiger partial charge in [-0.3, -0.25) is 0 Å². The number of nitrogens with one attached hydrogen (secondary N) is 1. The Bertz CT molecular complexity index is 895. The summed E-state index contributed by atoms with van der Waals surface area (Å²) >= 11 is 7.48. The van der Waals surface area contributed by atoms with Crippen LogP contribution in [0, 0.1) is 0 Å². The fraction of sp³-hybridized carbons (Fsp3) is 0.316. The predicted octanol–water partition coefficient (Wildman–Crippen LogP) is 4.54. The Morgan fingerprint density at radius 2 is 2.15 bits per heavy atom. The molecular formula is C19H19ClN4O2S. The van der Waals surface area contributed by atoms with E-state index in [4.69, 9.17) is 16.0 Å². The van der Waals surface area contributed by atoms with E-state index >= 15 is 0 Å². The van der Waals surface area contributed by atoms with Gasteiger partial charge in [-0.15, -0.1) is 10.2 Å². The number of nitrogens with zero attached hydrogens (tertiary/aromatic N) is 3. The van der Waals surface area contributed by atoms with E-state index in [1.54, 1.807) is 11.3 Å². The molecule has 0 aliphatic carbocycles. The molecule has 1 aliphatic rings. The number of hydrogen-bond acceptors (Lipinski definition) is 5. The molecule has 8 heteroatoms. The fourth-order valence-corrected chi connectivity index (χ4v) is 3.91. The van der Waals surface area contributed by atoms with E-state index in [0.29, 0.717) is 29.9 Å². The van der Waals surface area contributed by atoms with E-state index in [-0.39, 0.29) is 11.9 Å². The zero-order valence-corrected chi connectivity index (χ0v) is 16.2. The minimum Gasteiger partial charge on any atom is -0.420 e. The largest absolute Gasteiger partial charge is 0.420 e. The number of rotatable bonds is 4. The minimum atomic E-state index is -0.0766. The lowest BCUT2D eigenvalue weighted by Gasteiger charge is -2.31. The highest BCUT2D eigenvalue weighted by atomic mass is 35.5. The summed E-state index contributed by atoms with van der Waals surface area (Å²) in [6.45, 7) is 1.78. The molecule has 4 rings (SSSR count). The Kier molecular flexibility index (Phi) is 5.40. The van der Waals surface area contributed by atoms with Gasteiger partial charge < -0.3 is 14.6 Å². The molecule has 1 unspecified atom stereocenters. The second-order valence-electron chi connectivity index (χ2n) is 6.53. The van der Waals surface area contributed by atoms with E-state index in [1.165, 1.54) is 0 Å². The van der Waals surface area contributed by atoms with Gasteiger partial charge in [0.05, 0.1) is 5.92 Å².